The average molecular weight is 399 g/mol. The van der Waals surface area contributed by atoms with E-state index in [-0.39, 0.29) is 12.5 Å². The highest BCUT2D eigenvalue weighted by Gasteiger charge is 2.11. The fraction of sp³-hybridized carbons (Fsp3) is 0.143. The summed E-state index contributed by atoms with van der Waals surface area (Å²) in [7, 11) is 3.14. The van der Waals surface area contributed by atoms with Crippen molar-refractivity contribution in [2.24, 2.45) is 0 Å². The lowest BCUT2D eigenvalue weighted by Gasteiger charge is -2.07. The predicted molar refractivity (Wildman–Crippen MR) is 107 cm³/mol. The van der Waals surface area contributed by atoms with Gasteiger partial charge in [-0.2, -0.15) is 0 Å². The second-order valence-electron chi connectivity index (χ2n) is 5.82. The third-order valence-corrected chi connectivity index (χ3v) is 4.33. The maximum absolute atomic E-state index is 12.0. The molecule has 1 aromatic heterocycles. The normalized spacial score (nSPS) is 10.8. The fourth-order valence-electron chi connectivity index (χ4n) is 2.53. The van der Waals surface area contributed by atoms with Crippen molar-refractivity contribution in [1.29, 1.82) is 0 Å². The van der Waals surface area contributed by atoms with Crippen LogP contribution in [0.5, 0.6) is 11.5 Å². The first-order valence-electron chi connectivity index (χ1n) is 8.49. The number of benzene rings is 2. The Morgan fingerprint density at radius 2 is 1.93 bits per heavy atom. The van der Waals surface area contributed by atoms with Gasteiger partial charge >= 0.3 is 0 Å². The van der Waals surface area contributed by atoms with Crippen LogP contribution in [0.2, 0.25) is 5.02 Å². The van der Waals surface area contributed by atoms with E-state index in [4.69, 9.17) is 25.6 Å². The predicted octanol–water partition coefficient (Wildman–Crippen LogP) is 4.34. The van der Waals surface area contributed by atoms with Gasteiger partial charge in [-0.15, -0.1) is 0 Å². The molecule has 0 radical (unpaired) electrons. The number of nitrogens with zero attached hydrogens (tertiary/aromatic N) is 1. The Morgan fingerprint density at radius 3 is 2.68 bits per heavy atom. The number of halogens is 1. The molecule has 0 bridgehead atoms. The van der Waals surface area contributed by atoms with Gasteiger partial charge in [-0.25, -0.2) is 0 Å². The largest absolute Gasteiger partial charge is 0.493 e. The third kappa shape index (κ3) is 4.72. The van der Waals surface area contributed by atoms with Gasteiger partial charge in [-0.1, -0.05) is 35.0 Å². The van der Waals surface area contributed by atoms with Crippen molar-refractivity contribution < 1.29 is 18.8 Å². The van der Waals surface area contributed by atoms with Gasteiger partial charge in [0.1, 0.15) is 5.69 Å². The number of carbonyl (C=O) groups is 1. The molecule has 144 valence electrons. The number of carbonyl (C=O) groups excluding carboxylic acids is 1. The summed E-state index contributed by atoms with van der Waals surface area (Å²) in [6.45, 7) is 0.239. The third-order valence-electron chi connectivity index (χ3n) is 3.99. The molecule has 1 heterocycles. The Hall–Kier alpha value is -3.25. The van der Waals surface area contributed by atoms with Crippen LogP contribution in [0.1, 0.15) is 11.3 Å². The molecular weight excluding hydrogens is 380 g/mol. The summed E-state index contributed by atoms with van der Waals surface area (Å²) in [4.78, 5) is 12.0. The minimum Gasteiger partial charge on any atom is -0.493 e. The highest BCUT2D eigenvalue weighted by Crippen LogP contribution is 2.32. The highest BCUT2D eigenvalue weighted by atomic mass is 35.5. The molecule has 0 spiro atoms. The molecule has 6 nitrogen and oxygen atoms in total. The van der Waals surface area contributed by atoms with Crippen LogP contribution in [-0.2, 0) is 11.3 Å². The number of nitrogens with one attached hydrogen (secondary N) is 1. The van der Waals surface area contributed by atoms with Crippen LogP contribution in [0.4, 0.5) is 0 Å². The van der Waals surface area contributed by atoms with Crippen LogP contribution in [0, 0.1) is 0 Å². The topological polar surface area (TPSA) is 73.6 Å². The zero-order valence-electron chi connectivity index (χ0n) is 15.4. The minimum absolute atomic E-state index is 0.239. The van der Waals surface area contributed by atoms with Gasteiger partial charge in [0.15, 0.2) is 17.3 Å². The number of hydrogen-bond acceptors (Lipinski definition) is 5. The lowest BCUT2D eigenvalue weighted by molar-refractivity contribution is -0.116. The lowest BCUT2D eigenvalue weighted by Crippen LogP contribution is -2.20. The monoisotopic (exact) mass is 398 g/mol. The molecular formula is C21H19ClN2O4. The molecule has 2 aromatic carbocycles. The second-order valence-corrected chi connectivity index (χ2v) is 6.23. The van der Waals surface area contributed by atoms with Gasteiger partial charge < -0.3 is 19.3 Å². The molecule has 0 saturated carbocycles. The number of ether oxygens (including phenoxy) is 2. The van der Waals surface area contributed by atoms with Gasteiger partial charge in [0.05, 0.1) is 20.8 Å². The molecule has 1 N–H and O–H groups in total. The Kier molecular flexibility index (Phi) is 6.34. The second kappa shape index (κ2) is 9.10. The molecule has 0 atom stereocenters. The van der Waals surface area contributed by atoms with Crippen LogP contribution in [0.15, 0.2) is 59.1 Å². The van der Waals surface area contributed by atoms with Crippen LogP contribution in [0.25, 0.3) is 17.4 Å². The molecule has 0 aliphatic rings. The Balaban J connectivity index is 1.62. The van der Waals surface area contributed by atoms with Gasteiger partial charge in [0, 0.05) is 22.7 Å². The molecule has 0 aliphatic carbocycles. The van der Waals surface area contributed by atoms with Gasteiger partial charge in [0.2, 0.25) is 5.91 Å². The molecule has 0 aliphatic heterocycles. The zero-order valence-corrected chi connectivity index (χ0v) is 16.2. The summed E-state index contributed by atoms with van der Waals surface area (Å²) in [5, 5.41) is 7.33. The van der Waals surface area contributed by atoms with Crippen LogP contribution >= 0.6 is 11.6 Å². The quantitative estimate of drug-likeness (QED) is 0.599. The van der Waals surface area contributed by atoms with Crippen LogP contribution in [-0.4, -0.2) is 25.3 Å². The molecule has 0 saturated heterocycles. The van der Waals surface area contributed by atoms with Crippen molar-refractivity contribution >= 4 is 23.6 Å². The van der Waals surface area contributed by atoms with E-state index in [1.807, 2.05) is 24.3 Å². The van der Waals surface area contributed by atoms with Crippen molar-refractivity contribution in [1.82, 2.24) is 10.5 Å². The van der Waals surface area contributed by atoms with Gasteiger partial charge in [0.25, 0.3) is 0 Å². The molecule has 3 rings (SSSR count). The first-order valence-corrected chi connectivity index (χ1v) is 8.87. The van der Waals surface area contributed by atoms with Crippen molar-refractivity contribution in [2.45, 2.75) is 6.54 Å². The van der Waals surface area contributed by atoms with Gasteiger partial charge in [-0.05, 0) is 35.9 Å². The highest BCUT2D eigenvalue weighted by molar-refractivity contribution is 6.32. The SMILES string of the molecule is COc1ccc(-c2cc(CNC(=O)/C=C/c3ccccc3Cl)no2)cc1OC. The molecule has 28 heavy (non-hydrogen) atoms. The van der Waals surface area contributed by atoms with Crippen LogP contribution < -0.4 is 14.8 Å². The molecule has 3 aromatic rings. The summed E-state index contributed by atoms with van der Waals surface area (Å²) in [6.07, 6.45) is 3.09. The van der Waals surface area contributed by atoms with E-state index in [0.29, 0.717) is 28.0 Å². The van der Waals surface area contributed by atoms with Crippen molar-refractivity contribution in [2.75, 3.05) is 14.2 Å². The smallest absolute Gasteiger partial charge is 0.244 e. The number of methoxy groups -OCH3 is 2. The zero-order chi connectivity index (χ0) is 19.9. The summed E-state index contributed by atoms with van der Waals surface area (Å²) in [5.41, 5.74) is 2.17. The number of amides is 1. The van der Waals surface area contributed by atoms with Crippen molar-refractivity contribution in [3.8, 4) is 22.8 Å². The standard InChI is InChI=1S/C21H19ClN2O4/c1-26-18-9-7-15(11-20(18)27-2)19-12-16(24-28-19)13-23-21(25)10-8-14-5-3-4-6-17(14)22/h3-12H,13H2,1-2H3,(H,23,25)/b10-8+. The maximum atomic E-state index is 12.0. The van der Waals surface area contributed by atoms with E-state index in [1.165, 1.54) is 6.08 Å². The first kappa shape index (κ1) is 19.5. The number of rotatable bonds is 7. The summed E-state index contributed by atoms with van der Waals surface area (Å²) in [6, 6.07) is 14.5. The van der Waals surface area contributed by atoms with Crippen molar-refractivity contribution in [3.05, 3.63) is 70.9 Å². The van der Waals surface area contributed by atoms with E-state index in [0.717, 1.165) is 11.1 Å². The van der Waals surface area contributed by atoms with Crippen LogP contribution in [0.3, 0.4) is 0 Å². The fourth-order valence-corrected chi connectivity index (χ4v) is 2.73. The first-order chi connectivity index (χ1) is 13.6. The van der Waals surface area contributed by atoms with E-state index >= 15 is 0 Å². The Morgan fingerprint density at radius 1 is 1.14 bits per heavy atom. The molecule has 7 heteroatoms. The summed E-state index contributed by atoms with van der Waals surface area (Å²) >= 11 is 6.06. The maximum Gasteiger partial charge on any atom is 0.244 e. The molecule has 1 amide bonds. The van der Waals surface area contributed by atoms with Gasteiger partial charge in [-0.3, -0.25) is 4.79 Å². The van der Waals surface area contributed by atoms with E-state index in [1.54, 1.807) is 44.6 Å². The van der Waals surface area contributed by atoms with E-state index in [2.05, 4.69) is 10.5 Å². The summed E-state index contributed by atoms with van der Waals surface area (Å²) < 4.78 is 15.9. The Labute approximate surface area is 167 Å². The minimum atomic E-state index is -0.254. The van der Waals surface area contributed by atoms with Crippen molar-refractivity contribution in [3.63, 3.8) is 0 Å². The number of hydrogen-bond donors (Lipinski definition) is 1. The lowest BCUT2D eigenvalue weighted by atomic mass is 10.1. The molecule has 0 fully saturated rings. The van der Waals surface area contributed by atoms with E-state index < -0.39 is 0 Å². The summed E-state index contributed by atoms with van der Waals surface area (Å²) in [5.74, 6) is 1.53. The van der Waals surface area contributed by atoms with E-state index in [9.17, 15) is 4.79 Å². The average Bonchev–Trinajstić information content (AvgIpc) is 3.20. The Bertz CT molecular complexity index is 998. The number of aromatic nitrogens is 1. The molecule has 0 unspecified atom stereocenters.